The van der Waals surface area contributed by atoms with E-state index in [0.717, 1.165) is 32.6 Å². The maximum Gasteiger partial charge on any atom is 0.139 e. The SMILES string of the molecule is COc1ccc2nc(-c3cc(N)ccc3Br)[nH]c2c1. The van der Waals surface area contributed by atoms with Gasteiger partial charge in [0.05, 0.1) is 18.1 Å². The van der Waals surface area contributed by atoms with Gasteiger partial charge in [0, 0.05) is 21.8 Å². The lowest BCUT2D eigenvalue weighted by atomic mass is 10.2. The highest BCUT2D eigenvalue weighted by atomic mass is 79.9. The van der Waals surface area contributed by atoms with Crippen LogP contribution in [0.25, 0.3) is 22.4 Å². The van der Waals surface area contributed by atoms with Crippen molar-refractivity contribution in [2.45, 2.75) is 0 Å². The second kappa shape index (κ2) is 4.59. The summed E-state index contributed by atoms with van der Waals surface area (Å²) < 4.78 is 6.15. The van der Waals surface area contributed by atoms with Crippen LogP contribution in [0.1, 0.15) is 0 Å². The van der Waals surface area contributed by atoms with Crippen LogP contribution in [-0.2, 0) is 0 Å². The number of nitrogen functional groups attached to an aromatic ring is 1. The number of hydrogen-bond donors (Lipinski definition) is 2. The zero-order valence-corrected chi connectivity index (χ0v) is 11.9. The van der Waals surface area contributed by atoms with Gasteiger partial charge in [0.25, 0.3) is 0 Å². The van der Waals surface area contributed by atoms with Crippen LogP contribution in [-0.4, -0.2) is 17.1 Å². The Bertz CT molecular complexity index is 752. The summed E-state index contributed by atoms with van der Waals surface area (Å²) in [5.41, 5.74) is 9.29. The molecule has 1 heterocycles. The second-order valence-electron chi connectivity index (χ2n) is 4.21. The third-order valence-corrected chi connectivity index (χ3v) is 3.63. The van der Waals surface area contributed by atoms with Crippen LogP contribution < -0.4 is 10.5 Å². The molecule has 4 nitrogen and oxygen atoms in total. The number of nitrogens with zero attached hydrogens (tertiary/aromatic N) is 1. The lowest BCUT2D eigenvalue weighted by molar-refractivity contribution is 0.415. The smallest absolute Gasteiger partial charge is 0.139 e. The zero-order chi connectivity index (χ0) is 13.4. The van der Waals surface area contributed by atoms with Gasteiger partial charge in [0.15, 0.2) is 0 Å². The van der Waals surface area contributed by atoms with E-state index in [1.54, 1.807) is 7.11 Å². The molecule has 0 radical (unpaired) electrons. The lowest BCUT2D eigenvalue weighted by Gasteiger charge is -2.01. The average Bonchev–Trinajstić information content (AvgIpc) is 2.83. The molecule has 3 rings (SSSR count). The Hall–Kier alpha value is -2.01. The molecular weight excluding hydrogens is 306 g/mol. The zero-order valence-electron chi connectivity index (χ0n) is 10.3. The van der Waals surface area contributed by atoms with Gasteiger partial charge in [-0.2, -0.15) is 0 Å². The number of imidazole rings is 1. The molecule has 3 N–H and O–H groups in total. The van der Waals surface area contributed by atoms with Gasteiger partial charge < -0.3 is 15.5 Å². The molecule has 0 spiro atoms. The molecule has 19 heavy (non-hydrogen) atoms. The van der Waals surface area contributed by atoms with E-state index in [2.05, 4.69) is 25.9 Å². The van der Waals surface area contributed by atoms with E-state index in [1.807, 2.05) is 36.4 Å². The number of ether oxygens (including phenoxy) is 1. The van der Waals surface area contributed by atoms with Crippen LogP contribution in [0.5, 0.6) is 5.75 Å². The van der Waals surface area contributed by atoms with E-state index in [1.165, 1.54) is 0 Å². The molecular formula is C14H12BrN3O. The predicted octanol–water partition coefficient (Wildman–Crippen LogP) is 3.58. The predicted molar refractivity (Wildman–Crippen MR) is 80.2 cm³/mol. The van der Waals surface area contributed by atoms with E-state index >= 15 is 0 Å². The number of H-pyrrole nitrogens is 1. The Kier molecular flexibility index (Phi) is 2.91. The van der Waals surface area contributed by atoms with Crippen LogP contribution in [0.4, 0.5) is 5.69 Å². The van der Waals surface area contributed by atoms with E-state index in [9.17, 15) is 0 Å². The van der Waals surface area contributed by atoms with Crippen molar-refractivity contribution in [3.05, 3.63) is 40.9 Å². The average molecular weight is 318 g/mol. The van der Waals surface area contributed by atoms with Crippen molar-refractivity contribution in [2.24, 2.45) is 0 Å². The van der Waals surface area contributed by atoms with Gasteiger partial charge in [-0.15, -0.1) is 0 Å². The van der Waals surface area contributed by atoms with E-state index in [-0.39, 0.29) is 0 Å². The second-order valence-corrected chi connectivity index (χ2v) is 5.06. The summed E-state index contributed by atoms with van der Waals surface area (Å²) >= 11 is 3.51. The molecule has 0 saturated heterocycles. The first kappa shape index (κ1) is 12.0. The van der Waals surface area contributed by atoms with Crippen LogP contribution >= 0.6 is 15.9 Å². The quantitative estimate of drug-likeness (QED) is 0.710. The van der Waals surface area contributed by atoms with E-state index < -0.39 is 0 Å². The van der Waals surface area contributed by atoms with Gasteiger partial charge in [0.2, 0.25) is 0 Å². The lowest BCUT2D eigenvalue weighted by Crippen LogP contribution is -1.88. The summed E-state index contributed by atoms with van der Waals surface area (Å²) in [6.45, 7) is 0. The van der Waals surface area contributed by atoms with Crippen LogP contribution in [0, 0.1) is 0 Å². The van der Waals surface area contributed by atoms with Crippen molar-refractivity contribution >= 4 is 32.7 Å². The number of nitrogens with one attached hydrogen (secondary N) is 1. The molecule has 0 fully saturated rings. The molecule has 0 aliphatic carbocycles. The van der Waals surface area contributed by atoms with E-state index in [4.69, 9.17) is 10.5 Å². The number of hydrogen-bond acceptors (Lipinski definition) is 3. The van der Waals surface area contributed by atoms with Crippen molar-refractivity contribution in [1.29, 1.82) is 0 Å². The fourth-order valence-corrected chi connectivity index (χ4v) is 2.40. The highest BCUT2D eigenvalue weighted by Gasteiger charge is 2.09. The van der Waals surface area contributed by atoms with Gasteiger partial charge in [-0.3, -0.25) is 0 Å². The van der Waals surface area contributed by atoms with Crippen molar-refractivity contribution in [3.8, 4) is 17.1 Å². The Balaban J connectivity index is 2.17. The molecule has 0 amide bonds. The van der Waals surface area contributed by atoms with Crippen molar-refractivity contribution in [3.63, 3.8) is 0 Å². The van der Waals surface area contributed by atoms with Gasteiger partial charge in [-0.1, -0.05) is 15.9 Å². The van der Waals surface area contributed by atoms with Gasteiger partial charge in [0.1, 0.15) is 11.6 Å². The molecule has 0 bridgehead atoms. The highest BCUT2D eigenvalue weighted by molar-refractivity contribution is 9.10. The fraction of sp³-hybridized carbons (Fsp3) is 0.0714. The third kappa shape index (κ3) is 2.17. The van der Waals surface area contributed by atoms with Crippen molar-refractivity contribution < 1.29 is 4.74 Å². The fourth-order valence-electron chi connectivity index (χ4n) is 1.97. The van der Waals surface area contributed by atoms with Crippen LogP contribution in [0.3, 0.4) is 0 Å². The van der Waals surface area contributed by atoms with Crippen molar-refractivity contribution in [1.82, 2.24) is 9.97 Å². The Morgan fingerprint density at radius 1 is 1.21 bits per heavy atom. The molecule has 0 saturated carbocycles. The standard InChI is InChI=1S/C14H12BrN3O/c1-19-9-3-5-12-13(7-9)18-14(17-12)10-6-8(16)2-4-11(10)15/h2-7H,16H2,1H3,(H,17,18). The monoisotopic (exact) mass is 317 g/mol. The maximum absolute atomic E-state index is 5.82. The number of fused-ring (bicyclic) bond motifs is 1. The van der Waals surface area contributed by atoms with Crippen LogP contribution in [0.2, 0.25) is 0 Å². The van der Waals surface area contributed by atoms with Gasteiger partial charge in [-0.25, -0.2) is 4.98 Å². The molecule has 5 heteroatoms. The molecule has 0 unspecified atom stereocenters. The first-order chi connectivity index (χ1) is 9.17. The number of nitrogens with two attached hydrogens (primary N) is 1. The number of aromatic nitrogens is 2. The molecule has 0 aliphatic heterocycles. The first-order valence-electron chi connectivity index (χ1n) is 5.76. The minimum atomic E-state index is 0.705. The number of aromatic amines is 1. The summed E-state index contributed by atoms with van der Waals surface area (Å²) in [5, 5.41) is 0. The largest absolute Gasteiger partial charge is 0.497 e. The van der Waals surface area contributed by atoms with Crippen LogP contribution in [0.15, 0.2) is 40.9 Å². The molecule has 0 atom stereocenters. The van der Waals surface area contributed by atoms with Crippen molar-refractivity contribution in [2.75, 3.05) is 12.8 Å². The molecule has 1 aromatic heterocycles. The van der Waals surface area contributed by atoms with Gasteiger partial charge >= 0.3 is 0 Å². The number of halogens is 1. The number of methoxy groups -OCH3 is 1. The Labute approximate surface area is 118 Å². The summed E-state index contributed by atoms with van der Waals surface area (Å²) in [7, 11) is 1.65. The summed E-state index contributed by atoms with van der Waals surface area (Å²) in [4.78, 5) is 7.84. The number of benzene rings is 2. The third-order valence-electron chi connectivity index (χ3n) is 2.93. The minimum Gasteiger partial charge on any atom is -0.497 e. The summed E-state index contributed by atoms with van der Waals surface area (Å²) in [6, 6.07) is 11.4. The normalized spacial score (nSPS) is 10.8. The Morgan fingerprint density at radius 2 is 2.05 bits per heavy atom. The van der Waals surface area contributed by atoms with Gasteiger partial charge in [-0.05, 0) is 30.3 Å². The summed E-state index contributed by atoms with van der Waals surface area (Å²) in [6.07, 6.45) is 0. The summed E-state index contributed by atoms with van der Waals surface area (Å²) in [5.74, 6) is 1.58. The number of rotatable bonds is 2. The first-order valence-corrected chi connectivity index (χ1v) is 6.56. The minimum absolute atomic E-state index is 0.705. The molecule has 3 aromatic rings. The maximum atomic E-state index is 5.82. The Morgan fingerprint density at radius 3 is 2.84 bits per heavy atom. The highest BCUT2D eigenvalue weighted by Crippen LogP contribution is 2.30. The number of anilines is 1. The molecule has 0 aliphatic rings. The topological polar surface area (TPSA) is 63.9 Å². The van der Waals surface area contributed by atoms with E-state index in [0.29, 0.717) is 5.69 Å². The molecule has 96 valence electrons. The molecule has 2 aromatic carbocycles.